The second kappa shape index (κ2) is 10.2. The van der Waals surface area contributed by atoms with Gasteiger partial charge in [-0.05, 0) is 59.1 Å². The van der Waals surface area contributed by atoms with Crippen molar-refractivity contribution in [2.75, 3.05) is 5.28 Å². The second-order valence-electron chi connectivity index (χ2n) is 8.11. The number of hydrazine groups is 1. The van der Waals surface area contributed by atoms with Crippen LogP contribution in [0.3, 0.4) is 0 Å². The van der Waals surface area contributed by atoms with E-state index in [2.05, 4.69) is 48.5 Å². The lowest BCUT2D eigenvalue weighted by Gasteiger charge is -2.32. The van der Waals surface area contributed by atoms with Gasteiger partial charge in [-0.1, -0.05) is 58.3 Å². The Morgan fingerprint density at radius 1 is 0.840 bits per heavy atom. The number of unbranched alkanes of at least 4 members (excludes halogenated alkanes) is 7. The molecule has 4 nitrogen and oxygen atoms in total. The van der Waals surface area contributed by atoms with Gasteiger partial charge in [0.2, 0.25) is 0 Å². The topological polar surface area (TPSA) is 43.4 Å². The van der Waals surface area contributed by atoms with Crippen LogP contribution >= 0.6 is 0 Å². The fourth-order valence-corrected chi connectivity index (χ4v) is 3.43. The van der Waals surface area contributed by atoms with Crippen molar-refractivity contribution in [3.8, 4) is 0 Å². The molecule has 1 heterocycles. The highest BCUT2D eigenvalue weighted by Gasteiger charge is 2.24. The summed E-state index contributed by atoms with van der Waals surface area (Å²) in [6, 6.07) is 0. The SMILES string of the molecule is CCCCCCCCCCC(C)(C)ON(N)n1c(C)c(C)c(C)c1C. The number of aromatic nitrogens is 1. The standard InChI is InChI=1S/C21H41N3O/c1-8-9-10-11-12-13-14-15-16-21(6,7)25-24(22)23-19(4)17(2)18(3)20(23)5/h8-16,22H2,1-7H3. The predicted molar refractivity (Wildman–Crippen MR) is 108 cm³/mol. The highest BCUT2D eigenvalue weighted by Crippen LogP contribution is 2.24. The first-order valence-corrected chi connectivity index (χ1v) is 10.1. The zero-order chi connectivity index (χ0) is 19.0. The summed E-state index contributed by atoms with van der Waals surface area (Å²) in [5.74, 6) is 6.24. The van der Waals surface area contributed by atoms with E-state index in [1.165, 1.54) is 67.8 Å². The minimum Gasteiger partial charge on any atom is -0.237 e. The first-order valence-electron chi connectivity index (χ1n) is 10.1. The molecule has 1 rings (SSSR count). The van der Waals surface area contributed by atoms with Crippen molar-refractivity contribution >= 4 is 0 Å². The van der Waals surface area contributed by atoms with E-state index in [1.54, 1.807) is 0 Å². The Kier molecular flexibility index (Phi) is 9.01. The van der Waals surface area contributed by atoms with E-state index in [0.29, 0.717) is 0 Å². The number of hydrogen-bond donors (Lipinski definition) is 1. The van der Waals surface area contributed by atoms with Gasteiger partial charge < -0.3 is 0 Å². The largest absolute Gasteiger partial charge is 0.237 e. The lowest BCUT2D eigenvalue weighted by Crippen LogP contribution is -2.48. The molecule has 0 unspecified atom stereocenters. The highest BCUT2D eigenvalue weighted by molar-refractivity contribution is 5.35. The highest BCUT2D eigenvalue weighted by atomic mass is 16.8. The Morgan fingerprint density at radius 3 is 1.76 bits per heavy atom. The van der Waals surface area contributed by atoms with Crippen molar-refractivity contribution in [3.05, 3.63) is 22.5 Å². The van der Waals surface area contributed by atoms with Crippen LogP contribution in [-0.4, -0.2) is 10.3 Å². The monoisotopic (exact) mass is 351 g/mol. The molecule has 0 aromatic carbocycles. The van der Waals surface area contributed by atoms with Crippen LogP contribution in [0.15, 0.2) is 0 Å². The maximum atomic E-state index is 6.24. The van der Waals surface area contributed by atoms with Crippen LogP contribution in [-0.2, 0) is 4.84 Å². The van der Waals surface area contributed by atoms with Gasteiger partial charge in [-0.3, -0.25) is 0 Å². The molecule has 0 bridgehead atoms. The van der Waals surface area contributed by atoms with Crippen LogP contribution in [0.5, 0.6) is 0 Å². The molecule has 0 amide bonds. The Hall–Kier alpha value is -1.00. The summed E-state index contributed by atoms with van der Waals surface area (Å²) >= 11 is 0. The number of nitrogens with zero attached hydrogens (tertiary/aromatic N) is 2. The van der Waals surface area contributed by atoms with Crippen molar-refractivity contribution in [1.29, 1.82) is 0 Å². The third-order valence-corrected chi connectivity index (χ3v) is 5.45. The van der Waals surface area contributed by atoms with E-state index in [0.717, 1.165) is 17.8 Å². The molecule has 0 aliphatic carbocycles. The smallest absolute Gasteiger partial charge is 0.0940 e. The molecule has 0 atom stereocenters. The Labute approximate surface area is 155 Å². The van der Waals surface area contributed by atoms with Gasteiger partial charge in [0.05, 0.1) is 5.60 Å². The van der Waals surface area contributed by atoms with Crippen molar-refractivity contribution in [3.63, 3.8) is 0 Å². The molecule has 2 N–H and O–H groups in total. The zero-order valence-corrected chi connectivity index (χ0v) is 17.7. The summed E-state index contributed by atoms with van der Waals surface area (Å²) in [6.45, 7) is 15.0. The maximum absolute atomic E-state index is 6.24. The van der Waals surface area contributed by atoms with E-state index in [4.69, 9.17) is 10.7 Å². The van der Waals surface area contributed by atoms with Gasteiger partial charge >= 0.3 is 0 Å². The lowest BCUT2D eigenvalue weighted by molar-refractivity contribution is -0.0754. The van der Waals surface area contributed by atoms with E-state index < -0.39 is 0 Å². The van der Waals surface area contributed by atoms with Crippen LogP contribution in [0.4, 0.5) is 0 Å². The Balaban J connectivity index is 2.41. The molecule has 0 radical (unpaired) electrons. The fraction of sp³-hybridized carbons (Fsp3) is 0.810. The third-order valence-electron chi connectivity index (χ3n) is 5.45. The summed E-state index contributed by atoms with van der Waals surface area (Å²) < 4.78 is 1.97. The van der Waals surface area contributed by atoms with Crippen LogP contribution in [0.1, 0.15) is 101 Å². The van der Waals surface area contributed by atoms with Gasteiger partial charge in [0.1, 0.15) is 0 Å². The van der Waals surface area contributed by atoms with Gasteiger partial charge in [0, 0.05) is 11.4 Å². The molecule has 0 aliphatic heterocycles. The summed E-state index contributed by atoms with van der Waals surface area (Å²) in [7, 11) is 0. The molecule has 146 valence electrons. The average molecular weight is 352 g/mol. The van der Waals surface area contributed by atoms with Crippen molar-refractivity contribution in [2.45, 2.75) is 112 Å². The lowest BCUT2D eigenvalue weighted by atomic mass is 9.99. The Morgan fingerprint density at radius 2 is 1.28 bits per heavy atom. The van der Waals surface area contributed by atoms with Crippen molar-refractivity contribution < 1.29 is 4.84 Å². The molecule has 1 aromatic heterocycles. The van der Waals surface area contributed by atoms with E-state index in [-0.39, 0.29) is 5.60 Å². The molecule has 0 saturated carbocycles. The second-order valence-corrected chi connectivity index (χ2v) is 8.11. The van der Waals surface area contributed by atoms with Gasteiger partial charge in [0.15, 0.2) is 0 Å². The first-order chi connectivity index (χ1) is 11.7. The van der Waals surface area contributed by atoms with E-state index in [1.807, 2.05) is 4.68 Å². The molecule has 0 fully saturated rings. The summed E-state index contributed by atoms with van der Waals surface area (Å²) in [5, 5.41) is 1.43. The van der Waals surface area contributed by atoms with E-state index in [9.17, 15) is 0 Å². The molecule has 0 spiro atoms. The van der Waals surface area contributed by atoms with Crippen LogP contribution in [0.2, 0.25) is 0 Å². The zero-order valence-electron chi connectivity index (χ0n) is 17.7. The van der Waals surface area contributed by atoms with Gasteiger partial charge in [-0.25, -0.2) is 15.4 Å². The van der Waals surface area contributed by atoms with Crippen LogP contribution < -0.4 is 11.1 Å². The molecule has 0 saturated heterocycles. The van der Waals surface area contributed by atoms with Gasteiger partial charge in [0.25, 0.3) is 0 Å². The minimum absolute atomic E-state index is 0.262. The predicted octanol–water partition coefficient (Wildman–Crippen LogP) is 5.77. The van der Waals surface area contributed by atoms with Gasteiger partial charge in [-0.15, -0.1) is 5.28 Å². The molecule has 0 aliphatic rings. The quantitative estimate of drug-likeness (QED) is 0.295. The normalized spacial score (nSPS) is 12.0. The van der Waals surface area contributed by atoms with Crippen LogP contribution in [0, 0.1) is 27.7 Å². The fourth-order valence-electron chi connectivity index (χ4n) is 3.43. The molecule has 4 heteroatoms. The summed E-state index contributed by atoms with van der Waals surface area (Å²) in [6.07, 6.45) is 11.7. The molecular weight excluding hydrogens is 310 g/mol. The van der Waals surface area contributed by atoms with Crippen molar-refractivity contribution in [2.24, 2.45) is 5.84 Å². The van der Waals surface area contributed by atoms with E-state index >= 15 is 0 Å². The number of rotatable bonds is 12. The van der Waals surface area contributed by atoms with Crippen LogP contribution in [0.25, 0.3) is 0 Å². The molecule has 25 heavy (non-hydrogen) atoms. The number of hydrogen-bond acceptors (Lipinski definition) is 3. The molecular formula is C21H41N3O. The van der Waals surface area contributed by atoms with Crippen molar-refractivity contribution in [1.82, 2.24) is 4.68 Å². The van der Waals surface area contributed by atoms with Gasteiger partial charge in [-0.2, -0.15) is 0 Å². The summed E-state index contributed by atoms with van der Waals surface area (Å²) in [4.78, 5) is 6.09. The number of nitrogens with two attached hydrogens (primary N) is 1. The summed E-state index contributed by atoms with van der Waals surface area (Å²) in [5.41, 5.74) is 4.57. The minimum atomic E-state index is -0.262. The average Bonchev–Trinajstić information content (AvgIpc) is 2.73. The third kappa shape index (κ3) is 6.67. The first kappa shape index (κ1) is 22.0. The molecule has 1 aromatic rings. The maximum Gasteiger partial charge on any atom is 0.0940 e. The Bertz CT molecular complexity index is 494.